The van der Waals surface area contributed by atoms with Gasteiger partial charge in [0.25, 0.3) is 0 Å². The van der Waals surface area contributed by atoms with Crippen LogP contribution in [0.5, 0.6) is 11.5 Å². The van der Waals surface area contributed by atoms with Crippen molar-refractivity contribution in [1.29, 1.82) is 0 Å². The van der Waals surface area contributed by atoms with E-state index in [4.69, 9.17) is 9.47 Å². The van der Waals surface area contributed by atoms with Gasteiger partial charge >= 0.3 is 0 Å². The van der Waals surface area contributed by atoms with Gasteiger partial charge in [-0.1, -0.05) is 6.07 Å². The minimum Gasteiger partial charge on any atom is -0.454 e. The second-order valence-corrected chi connectivity index (χ2v) is 4.18. The molecule has 2 aromatic rings. The molecule has 0 spiro atoms. The zero-order chi connectivity index (χ0) is 12.4. The van der Waals surface area contributed by atoms with Crippen LogP contribution < -0.4 is 14.8 Å². The van der Waals surface area contributed by atoms with E-state index in [0.717, 1.165) is 35.0 Å². The van der Waals surface area contributed by atoms with Crippen LogP contribution in [0.4, 0.5) is 5.69 Å². The first-order chi connectivity index (χ1) is 8.83. The maximum absolute atomic E-state index is 5.35. The summed E-state index contributed by atoms with van der Waals surface area (Å²) in [7, 11) is 0. The number of rotatable bonds is 3. The number of nitrogens with one attached hydrogen (secondary N) is 1. The molecule has 0 atom stereocenters. The lowest BCUT2D eigenvalue weighted by Gasteiger charge is -2.09. The molecule has 1 aliphatic rings. The molecule has 0 bridgehead atoms. The average Bonchev–Trinajstić information content (AvgIpc) is 2.85. The van der Waals surface area contributed by atoms with Gasteiger partial charge in [0.15, 0.2) is 11.5 Å². The fourth-order valence-electron chi connectivity index (χ4n) is 1.92. The minimum absolute atomic E-state index is 0.313. The molecule has 0 unspecified atom stereocenters. The van der Waals surface area contributed by atoms with E-state index in [9.17, 15) is 0 Å². The zero-order valence-electron chi connectivity index (χ0n) is 10.1. The molecule has 0 saturated carbocycles. The Morgan fingerprint density at radius 1 is 1.22 bits per heavy atom. The van der Waals surface area contributed by atoms with Crippen LogP contribution in [0, 0.1) is 6.92 Å². The van der Waals surface area contributed by atoms with Crippen LogP contribution in [0.15, 0.2) is 36.5 Å². The summed E-state index contributed by atoms with van der Waals surface area (Å²) in [4.78, 5) is 4.24. The lowest BCUT2D eigenvalue weighted by molar-refractivity contribution is 0.174. The van der Waals surface area contributed by atoms with Crippen molar-refractivity contribution < 1.29 is 9.47 Å². The van der Waals surface area contributed by atoms with Gasteiger partial charge < -0.3 is 14.8 Å². The lowest BCUT2D eigenvalue weighted by Crippen LogP contribution is -2.01. The topological polar surface area (TPSA) is 43.4 Å². The highest BCUT2D eigenvalue weighted by Gasteiger charge is 2.12. The Bertz CT molecular complexity index is 569. The Labute approximate surface area is 106 Å². The average molecular weight is 242 g/mol. The molecule has 0 aliphatic carbocycles. The van der Waals surface area contributed by atoms with Gasteiger partial charge in [-0.15, -0.1) is 0 Å². The SMILES string of the molecule is Cc1ncccc1NCc1ccc2c(c1)OCO2. The summed E-state index contributed by atoms with van der Waals surface area (Å²) >= 11 is 0. The molecular formula is C14H14N2O2. The zero-order valence-corrected chi connectivity index (χ0v) is 10.1. The van der Waals surface area contributed by atoms with Crippen LogP contribution in [0.2, 0.25) is 0 Å². The van der Waals surface area contributed by atoms with Crippen molar-refractivity contribution in [3.8, 4) is 11.5 Å². The Kier molecular flexibility index (Phi) is 2.76. The molecule has 1 N–H and O–H groups in total. The monoisotopic (exact) mass is 242 g/mol. The summed E-state index contributed by atoms with van der Waals surface area (Å²) in [5, 5.41) is 3.36. The maximum atomic E-state index is 5.35. The number of benzene rings is 1. The number of hydrogen-bond donors (Lipinski definition) is 1. The van der Waals surface area contributed by atoms with E-state index in [-0.39, 0.29) is 0 Å². The third-order valence-corrected chi connectivity index (χ3v) is 2.93. The van der Waals surface area contributed by atoms with Crippen LogP contribution in [0.1, 0.15) is 11.3 Å². The molecule has 0 amide bonds. The minimum atomic E-state index is 0.313. The first kappa shape index (κ1) is 10.9. The van der Waals surface area contributed by atoms with Gasteiger partial charge in [-0.2, -0.15) is 0 Å². The van der Waals surface area contributed by atoms with E-state index in [2.05, 4.69) is 10.3 Å². The quantitative estimate of drug-likeness (QED) is 0.898. The summed E-state index contributed by atoms with van der Waals surface area (Å²) in [6.45, 7) is 3.04. The third-order valence-electron chi connectivity index (χ3n) is 2.93. The first-order valence-corrected chi connectivity index (χ1v) is 5.87. The summed E-state index contributed by atoms with van der Waals surface area (Å²) < 4.78 is 10.6. The van der Waals surface area contributed by atoms with E-state index in [1.54, 1.807) is 6.20 Å². The van der Waals surface area contributed by atoms with Crippen LogP contribution in [-0.4, -0.2) is 11.8 Å². The molecule has 4 nitrogen and oxygen atoms in total. The second kappa shape index (κ2) is 4.56. The summed E-state index contributed by atoms with van der Waals surface area (Å²) in [5.74, 6) is 1.63. The van der Waals surface area contributed by atoms with Crippen molar-refractivity contribution in [3.05, 3.63) is 47.8 Å². The predicted molar refractivity (Wildman–Crippen MR) is 68.9 cm³/mol. The number of hydrogen-bond acceptors (Lipinski definition) is 4. The van der Waals surface area contributed by atoms with E-state index in [0.29, 0.717) is 6.79 Å². The predicted octanol–water partition coefficient (Wildman–Crippen LogP) is 2.73. The fourth-order valence-corrected chi connectivity index (χ4v) is 1.92. The maximum Gasteiger partial charge on any atom is 0.231 e. The van der Waals surface area contributed by atoms with Crippen LogP contribution in [0.25, 0.3) is 0 Å². The van der Waals surface area contributed by atoms with Gasteiger partial charge in [-0.05, 0) is 36.8 Å². The lowest BCUT2D eigenvalue weighted by atomic mass is 10.2. The Balaban J connectivity index is 1.72. The number of aryl methyl sites for hydroxylation is 1. The smallest absolute Gasteiger partial charge is 0.231 e. The number of anilines is 1. The molecule has 1 aliphatic heterocycles. The van der Waals surface area contributed by atoms with Gasteiger partial charge in [0.2, 0.25) is 6.79 Å². The number of ether oxygens (including phenoxy) is 2. The molecule has 2 heterocycles. The summed E-state index contributed by atoms with van der Waals surface area (Å²) in [6, 6.07) is 9.92. The second-order valence-electron chi connectivity index (χ2n) is 4.18. The van der Waals surface area contributed by atoms with Crippen molar-refractivity contribution in [2.45, 2.75) is 13.5 Å². The van der Waals surface area contributed by atoms with Gasteiger partial charge in [0.05, 0.1) is 11.4 Å². The largest absolute Gasteiger partial charge is 0.454 e. The number of aromatic nitrogens is 1. The standard InChI is InChI=1S/C14H14N2O2/c1-10-12(3-2-6-15-10)16-8-11-4-5-13-14(7-11)18-9-17-13/h2-7,16H,8-9H2,1H3. The van der Waals surface area contributed by atoms with Crippen molar-refractivity contribution in [2.75, 3.05) is 12.1 Å². The molecule has 1 aromatic heterocycles. The van der Waals surface area contributed by atoms with Crippen LogP contribution >= 0.6 is 0 Å². The molecule has 0 saturated heterocycles. The van der Waals surface area contributed by atoms with Crippen LogP contribution in [0.3, 0.4) is 0 Å². The molecule has 3 rings (SSSR count). The summed E-state index contributed by atoms with van der Waals surface area (Å²) in [6.07, 6.45) is 1.79. The van der Waals surface area contributed by atoms with E-state index < -0.39 is 0 Å². The Hall–Kier alpha value is -2.23. The Morgan fingerprint density at radius 3 is 3.00 bits per heavy atom. The highest BCUT2D eigenvalue weighted by Crippen LogP contribution is 2.32. The molecule has 0 radical (unpaired) electrons. The van der Waals surface area contributed by atoms with Gasteiger partial charge in [-0.3, -0.25) is 4.98 Å². The van der Waals surface area contributed by atoms with Crippen molar-refractivity contribution in [3.63, 3.8) is 0 Å². The molecule has 92 valence electrons. The van der Waals surface area contributed by atoms with E-state index in [1.807, 2.05) is 37.3 Å². The Morgan fingerprint density at radius 2 is 2.11 bits per heavy atom. The normalized spacial score (nSPS) is 12.5. The molecule has 4 heteroatoms. The number of nitrogens with zero attached hydrogens (tertiary/aromatic N) is 1. The first-order valence-electron chi connectivity index (χ1n) is 5.87. The number of fused-ring (bicyclic) bond motifs is 1. The van der Waals surface area contributed by atoms with Crippen molar-refractivity contribution >= 4 is 5.69 Å². The van der Waals surface area contributed by atoms with E-state index in [1.165, 1.54) is 0 Å². The highest BCUT2D eigenvalue weighted by atomic mass is 16.7. The number of pyridine rings is 1. The third kappa shape index (κ3) is 2.09. The van der Waals surface area contributed by atoms with Gasteiger partial charge in [-0.25, -0.2) is 0 Å². The molecule has 18 heavy (non-hydrogen) atoms. The molecular weight excluding hydrogens is 228 g/mol. The molecule has 0 fully saturated rings. The molecule has 1 aromatic carbocycles. The summed E-state index contributed by atoms with van der Waals surface area (Å²) in [5.41, 5.74) is 3.20. The van der Waals surface area contributed by atoms with Crippen LogP contribution in [-0.2, 0) is 6.54 Å². The van der Waals surface area contributed by atoms with Gasteiger partial charge in [0.1, 0.15) is 0 Å². The van der Waals surface area contributed by atoms with E-state index >= 15 is 0 Å². The fraction of sp³-hybridized carbons (Fsp3) is 0.214. The van der Waals surface area contributed by atoms with Crippen molar-refractivity contribution in [2.24, 2.45) is 0 Å². The van der Waals surface area contributed by atoms with Crippen molar-refractivity contribution in [1.82, 2.24) is 4.98 Å². The highest BCUT2D eigenvalue weighted by molar-refractivity contribution is 5.49. The van der Waals surface area contributed by atoms with Gasteiger partial charge in [0, 0.05) is 12.7 Å².